The van der Waals surface area contributed by atoms with Gasteiger partial charge in [0.25, 0.3) is 5.91 Å². The second kappa shape index (κ2) is 9.79. The van der Waals surface area contributed by atoms with Gasteiger partial charge in [-0.2, -0.15) is 13.2 Å². The molecule has 1 aliphatic heterocycles. The van der Waals surface area contributed by atoms with E-state index in [1.165, 1.54) is 11.2 Å². The molecule has 196 valence electrons. The Morgan fingerprint density at radius 1 is 1.08 bits per heavy atom. The summed E-state index contributed by atoms with van der Waals surface area (Å²) in [6.45, 7) is 4.30. The third-order valence-corrected chi connectivity index (χ3v) is 6.68. The molecule has 13 heteroatoms. The Kier molecular flexibility index (Phi) is 7.08. The Labute approximate surface area is 206 Å². The summed E-state index contributed by atoms with van der Waals surface area (Å²) in [5, 5.41) is 1.37. The maximum atomic E-state index is 14.4. The van der Waals surface area contributed by atoms with Crippen LogP contribution in [-0.2, 0) is 6.18 Å². The zero-order valence-electron chi connectivity index (χ0n) is 20.1. The lowest BCUT2D eigenvalue weighted by molar-refractivity contribution is -0.138. The van der Waals surface area contributed by atoms with Crippen LogP contribution in [0.5, 0.6) is 0 Å². The smallest absolute Gasteiger partial charge is 0.354 e. The topological polar surface area (TPSA) is 117 Å². The van der Waals surface area contributed by atoms with Crippen molar-refractivity contribution in [3.8, 4) is 0 Å². The summed E-state index contributed by atoms with van der Waals surface area (Å²) in [6.07, 6.45) is 0.368. The number of carbonyl (C=O) groups excluding carboxylic acids is 1. The van der Waals surface area contributed by atoms with Gasteiger partial charge < -0.3 is 9.80 Å². The summed E-state index contributed by atoms with van der Waals surface area (Å²) in [7, 11) is 0. The summed E-state index contributed by atoms with van der Waals surface area (Å²) in [6, 6.07) is 3.84. The highest BCUT2D eigenvalue weighted by Crippen LogP contribution is 2.35. The van der Waals surface area contributed by atoms with Gasteiger partial charge in [0.2, 0.25) is 0 Å². The van der Waals surface area contributed by atoms with E-state index in [1.54, 1.807) is 30.9 Å². The number of nitrogens with zero attached hydrogens (tertiary/aromatic N) is 5. The van der Waals surface area contributed by atoms with Crippen molar-refractivity contribution < 1.29 is 22.4 Å². The number of rotatable bonds is 7. The second-order valence-corrected chi connectivity index (χ2v) is 9.67. The Hall–Kier alpha value is -3.03. The van der Waals surface area contributed by atoms with Crippen LogP contribution in [0.1, 0.15) is 55.5 Å². The van der Waals surface area contributed by atoms with E-state index in [9.17, 15) is 22.4 Å². The van der Waals surface area contributed by atoms with E-state index in [0.717, 1.165) is 12.8 Å². The highest BCUT2D eigenvalue weighted by atomic mass is 19.4. The fourth-order valence-corrected chi connectivity index (χ4v) is 4.32. The fourth-order valence-electron chi connectivity index (χ4n) is 4.32. The molecule has 0 bridgehead atoms. The molecule has 5 N–H and O–H groups in total. The average molecular weight is 511 g/mol. The van der Waals surface area contributed by atoms with Crippen LogP contribution in [0.4, 0.5) is 29.2 Å². The summed E-state index contributed by atoms with van der Waals surface area (Å²) >= 11 is 0. The fraction of sp³-hybridized carbons (Fsp3) is 0.522. The second-order valence-electron chi connectivity index (χ2n) is 9.67. The van der Waals surface area contributed by atoms with Crippen LogP contribution in [0.2, 0.25) is 0 Å². The Morgan fingerprint density at radius 3 is 2.22 bits per heavy atom. The molecule has 0 spiro atoms. The summed E-state index contributed by atoms with van der Waals surface area (Å²) in [4.78, 5) is 25.0. The van der Waals surface area contributed by atoms with E-state index in [0.29, 0.717) is 49.6 Å². The lowest BCUT2D eigenvalue weighted by atomic mass is 10.0. The molecule has 0 aromatic carbocycles. The van der Waals surface area contributed by atoms with Gasteiger partial charge in [0, 0.05) is 37.6 Å². The molecule has 1 aliphatic carbocycles. The third kappa shape index (κ3) is 5.37. The Balaban J connectivity index is 1.44. The largest absolute Gasteiger partial charge is 0.417 e. The van der Waals surface area contributed by atoms with Gasteiger partial charge in [-0.15, -0.1) is 0 Å². The van der Waals surface area contributed by atoms with Gasteiger partial charge in [0.15, 0.2) is 11.6 Å². The molecule has 1 amide bonds. The minimum Gasteiger partial charge on any atom is -0.354 e. The number of anilines is 2. The number of pyridine rings is 2. The van der Waals surface area contributed by atoms with Crippen molar-refractivity contribution >= 4 is 17.5 Å². The minimum absolute atomic E-state index is 0.0789. The van der Waals surface area contributed by atoms with Crippen molar-refractivity contribution in [1.29, 1.82) is 0 Å². The maximum absolute atomic E-state index is 14.4. The Bertz CT molecular complexity index is 1080. The van der Waals surface area contributed by atoms with Crippen LogP contribution in [-0.4, -0.2) is 51.6 Å². The SMILES string of the molecule is CC(C)(NN)N(N)c1ccc(C(=O)N(C2CC2)C2CCN(c3ncc(C(F)(F)F)cc3F)CC2)cn1. The predicted octanol–water partition coefficient (Wildman–Crippen LogP) is 2.79. The van der Waals surface area contributed by atoms with E-state index in [1.807, 2.05) is 4.90 Å². The van der Waals surface area contributed by atoms with Gasteiger partial charge in [-0.05, 0) is 57.7 Å². The first-order valence-corrected chi connectivity index (χ1v) is 11.7. The monoisotopic (exact) mass is 510 g/mol. The van der Waals surface area contributed by atoms with Crippen molar-refractivity contribution in [3.05, 3.63) is 47.5 Å². The zero-order valence-corrected chi connectivity index (χ0v) is 20.1. The summed E-state index contributed by atoms with van der Waals surface area (Å²) in [5.41, 5.74) is 1.14. The van der Waals surface area contributed by atoms with Crippen LogP contribution in [0.25, 0.3) is 0 Å². The number of amides is 1. The minimum atomic E-state index is -4.66. The number of aromatic nitrogens is 2. The van der Waals surface area contributed by atoms with Gasteiger partial charge in [-0.1, -0.05) is 0 Å². The zero-order chi connectivity index (χ0) is 26.3. The standard InChI is InChI=1S/C23H30F4N8O/c1-22(2,32-28)35(29)19-6-3-14(12-30-19)21(36)34(16-4-5-16)17-7-9-33(10-8-17)20-18(24)11-15(13-31-20)23(25,26)27/h3,6,11-13,16-17,32H,4-5,7-10,28-29H2,1-2H3. The van der Waals surface area contributed by atoms with Crippen molar-refractivity contribution in [1.82, 2.24) is 20.3 Å². The lowest BCUT2D eigenvalue weighted by Crippen LogP contribution is -2.61. The first-order chi connectivity index (χ1) is 16.9. The average Bonchev–Trinajstić information content (AvgIpc) is 3.69. The van der Waals surface area contributed by atoms with E-state index in [2.05, 4.69) is 15.4 Å². The van der Waals surface area contributed by atoms with Crippen molar-refractivity contribution in [2.45, 2.75) is 63.5 Å². The van der Waals surface area contributed by atoms with E-state index in [-0.39, 0.29) is 23.8 Å². The molecule has 2 aromatic heterocycles. The normalized spacial score (nSPS) is 17.3. The predicted molar refractivity (Wildman–Crippen MR) is 126 cm³/mol. The van der Waals surface area contributed by atoms with Crippen LogP contribution in [0.3, 0.4) is 0 Å². The quantitative estimate of drug-likeness (QED) is 0.225. The molecule has 2 aliphatic rings. The van der Waals surface area contributed by atoms with Gasteiger partial charge in [-0.3, -0.25) is 15.6 Å². The van der Waals surface area contributed by atoms with Gasteiger partial charge in [0.05, 0.1) is 11.1 Å². The molecule has 2 fully saturated rings. The first kappa shape index (κ1) is 26.0. The van der Waals surface area contributed by atoms with Crippen molar-refractivity contribution in [2.24, 2.45) is 11.7 Å². The number of nitrogens with two attached hydrogens (primary N) is 2. The highest BCUT2D eigenvalue weighted by Gasteiger charge is 2.40. The van der Waals surface area contributed by atoms with Gasteiger partial charge in [-0.25, -0.2) is 25.6 Å². The molecule has 0 radical (unpaired) electrons. The van der Waals surface area contributed by atoms with Crippen LogP contribution in [0.15, 0.2) is 30.6 Å². The lowest BCUT2D eigenvalue weighted by Gasteiger charge is -2.39. The number of alkyl halides is 3. The van der Waals surface area contributed by atoms with Gasteiger partial charge >= 0.3 is 6.18 Å². The number of carbonyl (C=O) groups is 1. The molecule has 0 unspecified atom stereocenters. The molecular formula is C23H30F4N8O. The van der Waals surface area contributed by atoms with Crippen molar-refractivity contribution in [2.75, 3.05) is 23.0 Å². The van der Waals surface area contributed by atoms with Gasteiger partial charge in [0.1, 0.15) is 11.5 Å². The molecule has 36 heavy (non-hydrogen) atoms. The maximum Gasteiger partial charge on any atom is 0.417 e. The number of halogens is 4. The molecule has 1 saturated heterocycles. The molecule has 1 saturated carbocycles. The van der Waals surface area contributed by atoms with Crippen LogP contribution in [0, 0.1) is 5.82 Å². The number of piperidine rings is 1. The number of nitrogens with one attached hydrogen (secondary N) is 1. The number of hydrazine groups is 2. The van der Waals surface area contributed by atoms with Crippen molar-refractivity contribution in [3.63, 3.8) is 0 Å². The number of hydrogen-bond donors (Lipinski definition) is 3. The highest BCUT2D eigenvalue weighted by molar-refractivity contribution is 5.94. The van der Waals surface area contributed by atoms with Crippen LogP contribution < -0.4 is 27.0 Å². The van der Waals surface area contributed by atoms with E-state index >= 15 is 0 Å². The summed E-state index contributed by atoms with van der Waals surface area (Å²) < 4.78 is 52.9. The van der Waals surface area contributed by atoms with E-state index < -0.39 is 23.2 Å². The number of hydrogen-bond acceptors (Lipinski definition) is 8. The summed E-state index contributed by atoms with van der Waals surface area (Å²) in [5.74, 6) is 10.8. The van der Waals surface area contributed by atoms with Crippen LogP contribution >= 0.6 is 0 Å². The molecule has 2 aromatic rings. The Morgan fingerprint density at radius 2 is 1.72 bits per heavy atom. The molecule has 3 heterocycles. The van der Waals surface area contributed by atoms with E-state index in [4.69, 9.17) is 11.7 Å². The molecule has 4 rings (SSSR count). The first-order valence-electron chi connectivity index (χ1n) is 11.7. The molecule has 9 nitrogen and oxygen atoms in total. The molecule has 0 atom stereocenters. The molecular weight excluding hydrogens is 480 g/mol. The third-order valence-electron chi connectivity index (χ3n) is 6.68.